The van der Waals surface area contributed by atoms with Crippen molar-refractivity contribution in [3.05, 3.63) is 50.6 Å². The number of aliphatic hydroxyl groups is 1. The molecular weight excluding hydrogens is 293 g/mol. The Kier molecular flexibility index (Phi) is 3.68. The van der Waals surface area contributed by atoms with Crippen LogP contribution in [0.15, 0.2) is 34.4 Å². The molecule has 1 aromatic heterocycles. The van der Waals surface area contributed by atoms with Crippen LogP contribution in [0.1, 0.15) is 16.5 Å². The highest BCUT2D eigenvalue weighted by Crippen LogP contribution is 2.25. The first kappa shape index (κ1) is 11.7. The number of aliphatic hydroxyl groups excluding tert-OH is 1. The zero-order valence-electron chi connectivity index (χ0n) is 8.23. The number of benzene rings is 1. The number of halogens is 2. The van der Waals surface area contributed by atoms with Crippen molar-refractivity contribution in [2.45, 2.75) is 12.5 Å². The second-order valence-electron chi connectivity index (χ2n) is 3.35. The second-order valence-corrected chi connectivity index (χ2v) is 5.24. The van der Waals surface area contributed by atoms with E-state index in [-0.39, 0.29) is 5.82 Å². The standard InChI is InChI=1S/C11H9BrFNOS/c12-7-1-2-10(13)9(3-7)11(15)4-8-5-14-6-16-8/h1-3,5-6,11,15H,4H2. The molecule has 2 nitrogen and oxygen atoms in total. The number of hydrogen-bond donors (Lipinski definition) is 1. The van der Waals surface area contributed by atoms with Crippen molar-refractivity contribution in [2.24, 2.45) is 0 Å². The van der Waals surface area contributed by atoms with Gasteiger partial charge in [-0.15, -0.1) is 11.3 Å². The average molecular weight is 302 g/mol. The van der Waals surface area contributed by atoms with E-state index in [1.807, 2.05) is 0 Å². The predicted octanol–water partition coefficient (Wildman–Crippen LogP) is 3.32. The smallest absolute Gasteiger partial charge is 0.129 e. The number of aromatic nitrogens is 1. The van der Waals surface area contributed by atoms with E-state index in [1.165, 1.54) is 17.4 Å². The molecule has 1 heterocycles. The third-order valence-electron chi connectivity index (χ3n) is 2.20. The Balaban J connectivity index is 2.20. The van der Waals surface area contributed by atoms with Crippen LogP contribution in [0.2, 0.25) is 0 Å². The first-order chi connectivity index (χ1) is 7.66. The number of rotatable bonds is 3. The molecule has 0 bridgehead atoms. The highest BCUT2D eigenvalue weighted by Gasteiger charge is 2.14. The molecule has 2 aromatic rings. The van der Waals surface area contributed by atoms with Gasteiger partial charge in [-0.3, -0.25) is 4.98 Å². The minimum absolute atomic E-state index is 0.308. The van der Waals surface area contributed by atoms with E-state index in [0.717, 1.165) is 9.35 Å². The summed E-state index contributed by atoms with van der Waals surface area (Å²) in [6, 6.07) is 4.55. The van der Waals surface area contributed by atoms with E-state index in [1.54, 1.807) is 23.8 Å². The van der Waals surface area contributed by atoms with E-state index in [0.29, 0.717) is 12.0 Å². The molecule has 1 N–H and O–H groups in total. The van der Waals surface area contributed by atoms with Crippen LogP contribution in [-0.4, -0.2) is 10.1 Å². The van der Waals surface area contributed by atoms with Crippen molar-refractivity contribution in [2.75, 3.05) is 0 Å². The van der Waals surface area contributed by atoms with Crippen molar-refractivity contribution in [1.82, 2.24) is 4.98 Å². The molecule has 0 amide bonds. The van der Waals surface area contributed by atoms with Gasteiger partial charge in [0, 0.05) is 27.5 Å². The molecule has 0 fully saturated rings. The molecule has 1 aromatic carbocycles. The molecule has 0 spiro atoms. The fourth-order valence-electron chi connectivity index (χ4n) is 1.41. The van der Waals surface area contributed by atoms with Gasteiger partial charge in [-0.05, 0) is 18.2 Å². The zero-order chi connectivity index (χ0) is 11.5. The third-order valence-corrected chi connectivity index (χ3v) is 3.49. The Morgan fingerprint density at radius 2 is 2.31 bits per heavy atom. The molecule has 2 rings (SSSR count). The lowest BCUT2D eigenvalue weighted by Crippen LogP contribution is -2.03. The summed E-state index contributed by atoms with van der Waals surface area (Å²) in [6.45, 7) is 0. The highest BCUT2D eigenvalue weighted by atomic mass is 79.9. The monoisotopic (exact) mass is 301 g/mol. The predicted molar refractivity (Wildman–Crippen MR) is 64.9 cm³/mol. The first-order valence-corrected chi connectivity index (χ1v) is 6.34. The highest BCUT2D eigenvalue weighted by molar-refractivity contribution is 9.10. The zero-order valence-corrected chi connectivity index (χ0v) is 10.6. The number of hydrogen-bond acceptors (Lipinski definition) is 3. The lowest BCUT2D eigenvalue weighted by molar-refractivity contribution is 0.174. The van der Waals surface area contributed by atoms with Crippen molar-refractivity contribution in [1.29, 1.82) is 0 Å². The van der Waals surface area contributed by atoms with Gasteiger partial charge in [-0.25, -0.2) is 4.39 Å². The van der Waals surface area contributed by atoms with Crippen molar-refractivity contribution >= 4 is 27.3 Å². The summed E-state index contributed by atoms with van der Waals surface area (Å²) in [7, 11) is 0. The topological polar surface area (TPSA) is 33.1 Å². The van der Waals surface area contributed by atoms with Gasteiger partial charge in [0.05, 0.1) is 11.6 Å². The molecule has 0 saturated carbocycles. The minimum atomic E-state index is -0.835. The van der Waals surface area contributed by atoms with Crippen LogP contribution in [0.4, 0.5) is 4.39 Å². The van der Waals surface area contributed by atoms with Crippen LogP contribution < -0.4 is 0 Å². The van der Waals surface area contributed by atoms with Gasteiger partial charge in [-0.2, -0.15) is 0 Å². The lowest BCUT2D eigenvalue weighted by Gasteiger charge is -2.10. The molecule has 16 heavy (non-hydrogen) atoms. The molecule has 84 valence electrons. The summed E-state index contributed by atoms with van der Waals surface area (Å²) in [5, 5.41) is 9.92. The van der Waals surface area contributed by atoms with Crippen molar-refractivity contribution < 1.29 is 9.50 Å². The normalized spacial score (nSPS) is 12.7. The molecule has 0 radical (unpaired) electrons. The summed E-state index contributed by atoms with van der Waals surface area (Å²) >= 11 is 4.71. The van der Waals surface area contributed by atoms with E-state index in [4.69, 9.17) is 0 Å². The van der Waals surface area contributed by atoms with Crippen LogP contribution in [0, 0.1) is 5.82 Å². The summed E-state index contributed by atoms with van der Waals surface area (Å²) in [6.07, 6.45) is 1.24. The van der Waals surface area contributed by atoms with Gasteiger partial charge >= 0.3 is 0 Å². The van der Waals surface area contributed by atoms with E-state index in [2.05, 4.69) is 20.9 Å². The molecule has 0 aliphatic carbocycles. The molecule has 0 aliphatic heterocycles. The lowest BCUT2D eigenvalue weighted by atomic mass is 10.1. The summed E-state index contributed by atoms with van der Waals surface area (Å²) in [4.78, 5) is 4.85. The Bertz CT molecular complexity index is 475. The third kappa shape index (κ3) is 2.66. The van der Waals surface area contributed by atoms with Gasteiger partial charge in [0.2, 0.25) is 0 Å². The van der Waals surface area contributed by atoms with Crippen LogP contribution in [0.3, 0.4) is 0 Å². The van der Waals surface area contributed by atoms with Crippen LogP contribution in [-0.2, 0) is 6.42 Å². The summed E-state index contributed by atoms with van der Waals surface area (Å²) in [5.41, 5.74) is 2.00. The Morgan fingerprint density at radius 3 is 3.00 bits per heavy atom. The fraction of sp³-hybridized carbons (Fsp3) is 0.182. The van der Waals surface area contributed by atoms with E-state index < -0.39 is 6.10 Å². The molecule has 0 saturated heterocycles. The van der Waals surface area contributed by atoms with Gasteiger partial charge in [0.15, 0.2) is 0 Å². The van der Waals surface area contributed by atoms with Crippen LogP contribution >= 0.6 is 27.3 Å². The quantitative estimate of drug-likeness (QED) is 0.943. The fourth-order valence-corrected chi connectivity index (χ4v) is 2.43. The largest absolute Gasteiger partial charge is 0.388 e. The maximum atomic E-state index is 13.5. The Morgan fingerprint density at radius 1 is 1.50 bits per heavy atom. The van der Waals surface area contributed by atoms with E-state index in [9.17, 15) is 9.50 Å². The van der Waals surface area contributed by atoms with Gasteiger partial charge in [0.1, 0.15) is 5.82 Å². The second kappa shape index (κ2) is 5.03. The maximum Gasteiger partial charge on any atom is 0.129 e. The van der Waals surface area contributed by atoms with Gasteiger partial charge in [-0.1, -0.05) is 15.9 Å². The SMILES string of the molecule is OC(Cc1cncs1)c1cc(Br)ccc1F. The molecule has 1 unspecified atom stereocenters. The molecular formula is C11H9BrFNOS. The van der Waals surface area contributed by atoms with Crippen molar-refractivity contribution in [3.63, 3.8) is 0 Å². The first-order valence-electron chi connectivity index (χ1n) is 4.67. The Labute approximate surface area is 105 Å². The number of thiazole rings is 1. The summed E-state index contributed by atoms with van der Waals surface area (Å²) in [5.74, 6) is -0.389. The molecule has 5 heteroatoms. The number of nitrogens with zero attached hydrogens (tertiary/aromatic N) is 1. The van der Waals surface area contributed by atoms with Gasteiger partial charge < -0.3 is 5.11 Å². The minimum Gasteiger partial charge on any atom is -0.388 e. The van der Waals surface area contributed by atoms with Crippen molar-refractivity contribution in [3.8, 4) is 0 Å². The van der Waals surface area contributed by atoms with Crippen LogP contribution in [0.25, 0.3) is 0 Å². The average Bonchev–Trinajstić information content (AvgIpc) is 2.74. The molecule has 0 aliphatic rings. The maximum absolute atomic E-state index is 13.5. The Hall–Kier alpha value is -0.780. The van der Waals surface area contributed by atoms with E-state index >= 15 is 0 Å². The molecule has 1 atom stereocenters. The van der Waals surface area contributed by atoms with Gasteiger partial charge in [0.25, 0.3) is 0 Å². The summed E-state index contributed by atoms with van der Waals surface area (Å²) < 4.78 is 14.2. The van der Waals surface area contributed by atoms with Crippen LogP contribution in [0.5, 0.6) is 0 Å².